The van der Waals surface area contributed by atoms with E-state index >= 15 is 0 Å². The molecule has 4 nitrogen and oxygen atoms in total. The van der Waals surface area contributed by atoms with E-state index in [0.717, 1.165) is 0 Å². The van der Waals surface area contributed by atoms with Gasteiger partial charge in [-0.2, -0.15) is 5.26 Å². The van der Waals surface area contributed by atoms with Gasteiger partial charge in [-0.1, -0.05) is 13.8 Å². The lowest BCUT2D eigenvalue weighted by atomic mass is 10.1. The second-order valence-electron chi connectivity index (χ2n) is 4.94. The summed E-state index contributed by atoms with van der Waals surface area (Å²) < 4.78 is 24.1. The molecule has 0 fully saturated rings. The molecule has 1 aromatic rings. The van der Waals surface area contributed by atoms with Crippen LogP contribution in [-0.4, -0.2) is 26.8 Å². The molecule has 1 rings (SSSR count). The average Bonchev–Trinajstić information content (AvgIpc) is 2.38. The highest BCUT2D eigenvalue weighted by atomic mass is 32.2. The summed E-state index contributed by atoms with van der Waals surface area (Å²) in [4.78, 5) is 0.269. The van der Waals surface area contributed by atoms with Gasteiger partial charge in [0.1, 0.15) is 0 Å². The summed E-state index contributed by atoms with van der Waals surface area (Å²) in [6, 6.07) is 8.28. The molecule has 104 valence electrons. The number of nitrogens with zero attached hydrogens (tertiary/aromatic N) is 1. The Morgan fingerprint density at radius 3 is 2.26 bits per heavy atom. The summed E-state index contributed by atoms with van der Waals surface area (Å²) in [5, 5.41) is 11.9. The lowest BCUT2D eigenvalue weighted by molar-refractivity contribution is 0.437. The predicted octanol–water partition coefficient (Wildman–Crippen LogP) is 1.97. The fourth-order valence-electron chi connectivity index (χ4n) is 1.51. The van der Waals surface area contributed by atoms with Crippen molar-refractivity contribution in [1.29, 1.82) is 5.26 Å². The summed E-state index contributed by atoms with van der Waals surface area (Å²) in [5.74, 6) is 0.535. The molecule has 0 saturated carbocycles. The SMILES string of the molecule is CC(C)C(C)NCCS(=O)(=O)c1ccc(C#N)cc1. The van der Waals surface area contributed by atoms with Crippen LogP contribution in [0.1, 0.15) is 26.3 Å². The van der Waals surface area contributed by atoms with E-state index in [0.29, 0.717) is 18.0 Å². The van der Waals surface area contributed by atoms with Crippen LogP contribution in [0.25, 0.3) is 0 Å². The van der Waals surface area contributed by atoms with Crippen LogP contribution in [-0.2, 0) is 9.84 Å². The van der Waals surface area contributed by atoms with Gasteiger partial charge < -0.3 is 5.32 Å². The molecule has 0 radical (unpaired) electrons. The van der Waals surface area contributed by atoms with Crippen LogP contribution < -0.4 is 5.32 Å². The quantitative estimate of drug-likeness (QED) is 0.865. The molecule has 1 aromatic carbocycles. The molecule has 5 heteroatoms. The zero-order valence-corrected chi connectivity index (χ0v) is 12.4. The van der Waals surface area contributed by atoms with Crippen molar-refractivity contribution >= 4 is 9.84 Å². The lowest BCUT2D eigenvalue weighted by Crippen LogP contribution is -2.34. The maximum atomic E-state index is 12.1. The Morgan fingerprint density at radius 1 is 1.21 bits per heavy atom. The van der Waals surface area contributed by atoms with E-state index in [1.807, 2.05) is 13.0 Å². The molecular formula is C14H20N2O2S. The summed E-state index contributed by atoms with van der Waals surface area (Å²) >= 11 is 0. The molecule has 0 aromatic heterocycles. The molecular weight excluding hydrogens is 260 g/mol. The highest BCUT2D eigenvalue weighted by Gasteiger charge is 2.15. The van der Waals surface area contributed by atoms with Crippen molar-refractivity contribution in [2.45, 2.75) is 31.7 Å². The lowest BCUT2D eigenvalue weighted by Gasteiger charge is -2.17. The van der Waals surface area contributed by atoms with Gasteiger partial charge in [0.15, 0.2) is 9.84 Å². The van der Waals surface area contributed by atoms with E-state index in [1.54, 1.807) is 0 Å². The zero-order chi connectivity index (χ0) is 14.5. The Labute approximate surface area is 115 Å². The van der Waals surface area contributed by atoms with Crippen molar-refractivity contribution in [3.05, 3.63) is 29.8 Å². The van der Waals surface area contributed by atoms with Crippen LogP contribution in [0.15, 0.2) is 29.2 Å². The van der Waals surface area contributed by atoms with Crippen molar-refractivity contribution < 1.29 is 8.42 Å². The van der Waals surface area contributed by atoms with Crippen LogP contribution >= 0.6 is 0 Å². The van der Waals surface area contributed by atoms with E-state index in [4.69, 9.17) is 5.26 Å². The first-order chi connectivity index (χ1) is 8.86. The number of hydrogen-bond acceptors (Lipinski definition) is 4. The maximum absolute atomic E-state index is 12.1. The number of nitrogens with one attached hydrogen (secondary N) is 1. The Balaban J connectivity index is 2.63. The van der Waals surface area contributed by atoms with Gasteiger partial charge in [-0.05, 0) is 37.1 Å². The number of rotatable bonds is 6. The zero-order valence-electron chi connectivity index (χ0n) is 11.6. The maximum Gasteiger partial charge on any atom is 0.179 e. The molecule has 0 aliphatic carbocycles. The third-order valence-electron chi connectivity index (χ3n) is 3.18. The summed E-state index contributed by atoms with van der Waals surface area (Å²) in [5.41, 5.74) is 0.463. The van der Waals surface area contributed by atoms with Crippen molar-refractivity contribution in [3.63, 3.8) is 0 Å². The highest BCUT2D eigenvalue weighted by molar-refractivity contribution is 7.91. The van der Waals surface area contributed by atoms with Crippen LogP contribution in [0, 0.1) is 17.2 Å². The van der Waals surface area contributed by atoms with Gasteiger partial charge >= 0.3 is 0 Å². The Morgan fingerprint density at radius 2 is 1.79 bits per heavy atom. The molecule has 1 atom stereocenters. The van der Waals surface area contributed by atoms with Crippen molar-refractivity contribution in [2.75, 3.05) is 12.3 Å². The monoisotopic (exact) mass is 280 g/mol. The summed E-state index contributed by atoms with van der Waals surface area (Å²) in [6.07, 6.45) is 0. The molecule has 0 bridgehead atoms. The van der Waals surface area contributed by atoms with Crippen LogP contribution in [0.3, 0.4) is 0 Å². The van der Waals surface area contributed by atoms with E-state index in [1.165, 1.54) is 24.3 Å². The number of hydrogen-bond donors (Lipinski definition) is 1. The second kappa shape index (κ2) is 6.69. The molecule has 0 heterocycles. The Bertz CT molecular complexity index is 542. The fourth-order valence-corrected chi connectivity index (χ4v) is 2.68. The van der Waals surface area contributed by atoms with Gasteiger partial charge in [0, 0.05) is 12.6 Å². The number of benzene rings is 1. The largest absolute Gasteiger partial charge is 0.313 e. The molecule has 0 amide bonds. The first-order valence-corrected chi connectivity index (χ1v) is 7.98. The topological polar surface area (TPSA) is 70.0 Å². The van der Waals surface area contributed by atoms with Gasteiger partial charge in [-0.15, -0.1) is 0 Å². The minimum absolute atomic E-state index is 0.0654. The summed E-state index contributed by atoms with van der Waals surface area (Å²) in [7, 11) is -3.28. The normalized spacial score (nSPS) is 13.2. The van der Waals surface area contributed by atoms with E-state index < -0.39 is 9.84 Å². The third kappa shape index (κ3) is 4.66. The predicted molar refractivity (Wildman–Crippen MR) is 75.5 cm³/mol. The van der Waals surface area contributed by atoms with E-state index in [-0.39, 0.29) is 16.7 Å². The van der Waals surface area contributed by atoms with Crippen LogP contribution in [0.2, 0.25) is 0 Å². The van der Waals surface area contributed by atoms with E-state index in [9.17, 15) is 8.42 Å². The summed E-state index contributed by atoms with van der Waals surface area (Å²) in [6.45, 7) is 6.65. The van der Waals surface area contributed by atoms with Gasteiger partial charge in [0.2, 0.25) is 0 Å². The Kier molecular flexibility index (Phi) is 5.52. The van der Waals surface area contributed by atoms with Gasteiger partial charge in [-0.3, -0.25) is 0 Å². The van der Waals surface area contributed by atoms with Gasteiger partial charge in [-0.25, -0.2) is 8.42 Å². The van der Waals surface area contributed by atoms with Crippen molar-refractivity contribution in [2.24, 2.45) is 5.92 Å². The minimum atomic E-state index is -3.28. The first kappa shape index (κ1) is 15.7. The molecule has 0 saturated heterocycles. The molecule has 19 heavy (non-hydrogen) atoms. The average molecular weight is 280 g/mol. The number of sulfone groups is 1. The third-order valence-corrected chi connectivity index (χ3v) is 4.91. The second-order valence-corrected chi connectivity index (χ2v) is 7.05. The van der Waals surface area contributed by atoms with Crippen LogP contribution in [0.4, 0.5) is 0 Å². The molecule has 0 aliphatic heterocycles. The minimum Gasteiger partial charge on any atom is -0.313 e. The van der Waals surface area contributed by atoms with E-state index in [2.05, 4.69) is 19.2 Å². The molecule has 0 aliphatic rings. The highest BCUT2D eigenvalue weighted by Crippen LogP contribution is 2.12. The van der Waals surface area contributed by atoms with Gasteiger partial charge in [0.25, 0.3) is 0 Å². The van der Waals surface area contributed by atoms with Crippen molar-refractivity contribution in [3.8, 4) is 6.07 Å². The van der Waals surface area contributed by atoms with Crippen LogP contribution in [0.5, 0.6) is 0 Å². The first-order valence-electron chi connectivity index (χ1n) is 6.33. The molecule has 1 unspecified atom stereocenters. The fraction of sp³-hybridized carbons (Fsp3) is 0.500. The Hall–Kier alpha value is -1.38. The van der Waals surface area contributed by atoms with Gasteiger partial charge in [0.05, 0.1) is 22.3 Å². The standard InChI is InChI=1S/C14H20N2O2S/c1-11(2)12(3)16-8-9-19(17,18)14-6-4-13(10-15)5-7-14/h4-7,11-12,16H,8-9H2,1-3H3. The molecule has 0 spiro atoms. The number of nitriles is 1. The van der Waals surface area contributed by atoms with Crippen molar-refractivity contribution in [1.82, 2.24) is 5.32 Å². The smallest absolute Gasteiger partial charge is 0.179 e. The molecule has 1 N–H and O–H groups in total.